The van der Waals surface area contributed by atoms with Crippen LogP contribution < -0.4 is 5.19 Å². The van der Waals surface area contributed by atoms with Gasteiger partial charge in [-0.05, 0) is 57.2 Å². The minimum Gasteiger partial charge on any atom is -0.501 e. The molecule has 0 saturated carbocycles. The normalized spacial score (nSPS) is 12.9. The van der Waals surface area contributed by atoms with Gasteiger partial charge in [0.05, 0.1) is 13.7 Å². The smallest absolute Gasteiger partial charge is 0.121 e. The summed E-state index contributed by atoms with van der Waals surface area (Å²) in [5.41, 5.74) is 11.4. The van der Waals surface area contributed by atoms with E-state index in [-0.39, 0.29) is 25.7 Å². The molecule has 0 unspecified atom stereocenters. The minimum atomic E-state index is -2.23. The molecule has 0 fully saturated rings. The van der Waals surface area contributed by atoms with Gasteiger partial charge >= 0.3 is 0 Å². The Bertz CT molecular complexity index is 2720. The Morgan fingerprint density at radius 1 is 0.745 bits per heavy atom. The van der Waals surface area contributed by atoms with Crippen LogP contribution >= 0.6 is 0 Å². The molecule has 1 radical (unpaired) electrons. The number of aromatic nitrogens is 2. The van der Waals surface area contributed by atoms with E-state index < -0.39 is 20.8 Å². The molecule has 3 aromatic heterocycles. The molecule has 0 N–H and O–H groups in total. The van der Waals surface area contributed by atoms with Gasteiger partial charge in [-0.1, -0.05) is 167 Å². The number of aryl methyl sites for hydroxylation is 1. The van der Waals surface area contributed by atoms with E-state index >= 15 is 0 Å². The van der Waals surface area contributed by atoms with E-state index in [9.17, 15) is 0 Å². The molecular formula is C50H48IrN2OSi-2. The van der Waals surface area contributed by atoms with Crippen LogP contribution in [-0.2, 0) is 20.1 Å². The van der Waals surface area contributed by atoms with Crippen LogP contribution in [0.25, 0.3) is 66.7 Å². The van der Waals surface area contributed by atoms with Crippen LogP contribution in [-0.4, -0.2) is 18.0 Å². The van der Waals surface area contributed by atoms with Crippen LogP contribution in [0.15, 0.2) is 138 Å². The fraction of sp³-hybridized carbons (Fsp3) is 0.200. The summed E-state index contributed by atoms with van der Waals surface area (Å²) in [4.78, 5) is 9.30. The predicted octanol–water partition coefficient (Wildman–Crippen LogP) is 13.4. The SMILES string of the molecule is CC(C)c1ccnc(-c2[c-]ccc3c2oc2cccc(-c4ccccc4)c23)c1.[2H]C([2H])([2H])c1c[c-]c(-c2cc(C([2H])(C)C)c([Si](C)(C)C)cn2)cc1-c1ccccc1.[Ir]. The van der Waals surface area contributed by atoms with E-state index in [0.717, 1.165) is 49.9 Å². The second-order valence-corrected chi connectivity index (χ2v) is 20.3. The van der Waals surface area contributed by atoms with Crippen molar-refractivity contribution in [2.75, 3.05) is 0 Å². The van der Waals surface area contributed by atoms with E-state index in [2.05, 4.69) is 99.1 Å². The predicted molar refractivity (Wildman–Crippen MR) is 231 cm³/mol. The molecule has 0 aliphatic heterocycles. The van der Waals surface area contributed by atoms with Crippen molar-refractivity contribution in [1.82, 2.24) is 9.97 Å². The zero-order valence-electron chi connectivity index (χ0n) is 36.4. The van der Waals surface area contributed by atoms with Crippen LogP contribution in [0.4, 0.5) is 0 Å². The van der Waals surface area contributed by atoms with Gasteiger partial charge in [0.2, 0.25) is 0 Å². The van der Waals surface area contributed by atoms with Crippen molar-refractivity contribution in [3.8, 4) is 44.8 Å². The first-order chi connectivity index (χ1) is 27.5. The van der Waals surface area contributed by atoms with Gasteiger partial charge in [-0.25, -0.2) is 0 Å². The molecule has 8 rings (SSSR count). The third-order valence-electron chi connectivity index (χ3n) is 9.81. The zero-order valence-corrected chi connectivity index (χ0v) is 35.8. The third-order valence-corrected chi connectivity index (χ3v) is 11.8. The molecule has 0 atom stereocenters. The van der Waals surface area contributed by atoms with Crippen LogP contribution in [0.3, 0.4) is 0 Å². The number of fused-ring (bicyclic) bond motifs is 3. The maximum absolute atomic E-state index is 8.66. The van der Waals surface area contributed by atoms with Crippen LogP contribution in [0, 0.1) is 19.0 Å². The Kier molecular flexibility index (Phi) is 10.6. The number of hydrogen-bond donors (Lipinski definition) is 0. The largest absolute Gasteiger partial charge is 0.501 e. The molecule has 5 heteroatoms. The van der Waals surface area contributed by atoms with Crippen molar-refractivity contribution in [3.63, 3.8) is 0 Å². The Balaban J connectivity index is 0.000000195. The minimum absolute atomic E-state index is 0. The van der Waals surface area contributed by atoms with Crippen molar-refractivity contribution >= 4 is 35.2 Å². The fourth-order valence-corrected chi connectivity index (χ4v) is 8.47. The molecule has 0 aliphatic carbocycles. The molecule has 3 nitrogen and oxygen atoms in total. The third kappa shape index (κ3) is 8.50. The molecule has 8 aromatic rings. The maximum Gasteiger partial charge on any atom is 0.121 e. The van der Waals surface area contributed by atoms with Crippen molar-refractivity contribution in [3.05, 3.63) is 163 Å². The molecule has 279 valence electrons. The quantitative estimate of drug-likeness (QED) is 0.118. The molecule has 3 heterocycles. The van der Waals surface area contributed by atoms with Gasteiger partial charge in [0.15, 0.2) is 0 Å². The average molecular weight is 917 g/mol. The molecule has 5 aromatic carbocycles. The van der Waals surface area contributed by atoms with Crippen LogP contribution in [0.2, 0.25) is 19.6 Å². The monoisotopic (exact) mass is 917 g/mol. The first kappa shape index (κ1) is 34.5. The van der Waals surface area contributed by atoms with Crippen molar-refractivity contribution in [2.24, 2.45) is 0 Å². The Hall–Kier alpha value is -4.93. The summed E-state index contributed by atoms with van der Waals surface area (Å²) < 4.78 is 38.8. The first-order valence-corrected chi connectivity index (χ1v) is 22.0. The standard InChI is InChI=1S/C26H20NO.C24H28NSi.Ir/c1-17(2)19-14-15-27-23(16-19)21-11-6-12-22-25-20(18-8-4-3-5-9-18)10-7-13-24(25)28-26(21)22;1-17(2)21-15-23(25-16-24(21)26(4,5)6)20-13-12-18(3)22(14-20)19-10-8-7-9-11-19;/h3-10,12-17H,1-2H3;7-12,14-17H,1-6H3;/q2*-1;/i;3D3,17D;. The number of rotatable bonds is 7. The second-order valence-electron chi connectivity index (χ2n) is 15.3. The summed E-state index contributed by atoms with van der Waals surface area (Å²) >= 11 is 0. The van der Waals surface area contributed by atoms with Gasteiger partial charge in [-0.2, -0.15) is 0 Å². The summed E-state index contributed by atoms with van der Waals surface area (Å²) in [5.74, 6) is -0.310. The summed E-state index contributed by atoms with van der Waals surface area (Å²) in [7, 11) is -1.68. The zero-order chi connectivity index (χ0) is 41.4. The van der Waals surface area contributed by atoms with E-state index in [1.54, 1.807) is 6.07 Å². The summed E-state index contributed by atoms with van der Waals surface area (Å²) in [5, 5.41) is 3.41. The van der Waals surface area contributed by atoms with Gasteiger partial charge in [-0.15, -0.1) is 47.5 Å². The van der Waals surface area contributed by atoms with Crippen molar-refractivity contribution in [1.29, 1.82) is 0 Å². The molecule has 0 spiro atoms. The molecule has 0 aliphatic rings. The van der Waals surface area contributed by atoms with Crippen LogP contribution in [0.1, 0.15) is 61.7 Å². The average Bonchev–Trinajstić information content (AvgIpc) is 3.60. The number of pyridine rings is 2. The molecular weight excluding hydrogens is 865 g/mol. The van der Waals surface area contributed by atoms with Gasteiger partial charge in [0.1, 0.15) is 5.58 Å². The molecule has 0 saturated heterocycles. The molecule has 0 amide bonds. The molecule has 0 bridgehead atoms. The van der Waals surface area contributed by atoms with E-state index in [4.69, 9.17) is 14.9 Å². The molecule has 55 heavy (non-hydrogen) atoms. The van der Waals surface area contributed by atoms with Gasteiger partial charge in [0.25, 0.3) is 0 Å². The van der Waals surface area contributed by atoms with Crippen LogP contribution in [0.5, 0.6) is 0 Å². The number of furan rings is 1. The van der Waals surface area contributed by atoms with E-state index in [0.29, 0.717) is 17.2 Å². The first-order valence-electron chi connectivity index (χ1n) is 20.5. The Labute approximate surface area is 346 Å². The Morgan fingerprint density at radius 3 is 2.11 bits per heavy atom. The van der Waals surface area contributed by atoms with Crippen molar-refractivity contribution < 1.29 is 30.0 Å². The summed E-state index contributed by atoms with van der Waals surface area (Å²) in [6.45, 7) is 12.7. The van der Waals surface area contributed by atoms with Gasteiger partial charge < -0.3 is 14.4 Å². The van der Waals surface area contributed by atoms with E-state index in [1.807, 2.05) is 93.0 Å². The van der Waals surface area contributed by atoms with E-state index in [1.165, 1.54) is 21.9 Å². The number of hydrogen-bond acceptors (Lipinski definition) is 3. The fourth-order valence-electron chi connectivity index (χ4n) is 6.89. The summed E-state index contributed by atoms with van der Waals surface area (Å²) in [6, 6.07) is 46.4. The second kappa shape index (κ2) is 16.8. The summed E-state index contributed by atoms with van der Waals surface area (Å²) in [6.07, 6.45) is 3.77. The van der Waals surface area contributed by atoms with Crippen molar-refractivity contribution in [2.45, 2.75) is 66.0 Å². The topological polar surface area (TPSA) is 38.9 Å². The van der Waals surface area contributed by atoms with Gasteiger partial charge in [-0.3, -0.25) is 0 Å². The number of benzene rings is 5. The Morgan fingerprint density at radius 2 is 1.45 bits per heavy atom. The maximum atomic E-state index is 8.66. The number of nitrogens with zero attached hydrogens (tertiary/aromatic N) is 2. The van der Waals surface area contributed by atoms with Gasteiger partial charge in [0, 0.05) is 43.4 Å².